The summed E-state index contributed by atoms with van der Waals surface area (Å²) in [6.45, 7) is 10.7. The van der Waals surface area contributed by atoms with Crippen molar-refractivity contribution in [3.8, 4) is 11.5 Å². The Morgan fingerprint density at radius 2 is 1.76 bits per heavy atom. The molecule has 2 N–H and O–H groups in total. The average molecular weight is 476 g/mol. The molecule has 3 amide bonds. The number of rotatable bonds is 12. The molecule has 0 radical (unpaired) electrons. The minimum Gasteiger partial charge on any atom is -0.493 e. The molecule has 0 saturated heterocycles. The van der Waals surface area contributed by atoms with Crippen LogP contribution in [0.2, 0.25) is 0 Å². The largest absolute Gasteiger partial charge is 0.493 e. The highest BCUT2D eigenvalue weighted by molar-refractivity contribution is 5.95. The van der Waals surface area contributed by atoms with E-state index in [1.165, 1.54) is 7.11 Å². The first-order valence-electron chi connectivity index (χ1n) is 11.9. The Labute approximate surface area is 201 Å². The first kappa shape index (κ1) is 27.0. The van der Waals surface area contributed by atoms with Gasteiger partial charge in [0.2, 0.25) is 0 Å². The molecular weight excluding hydrogens is 438 g/mol. The summed E-state index contributed by atoms with van der Waals surface area (Å²) < 4.78 is 16.7. The van der Waals surface area contributed by atoms with E-state index in [1.54, 1.807) is 36.9 Å². The Balaban J connectivity index is 2.31. The van der Waals surface area contributed by atoms with Crippen LogP contribution in [-0.2, 0) is 14.3 Å². The second-order valence-electron chi connectivity index (χ2n) is 8.31. The van der Waals surface area contributed by atoms with Gasteiger partial charge in [0.15, 0.2) is 18.1 Å². The summed E-state index contributed by atoms with van der Waals surface area (Å²) in [6.07, 6.45) is 1.90. The number of carbonyl (C=O) groups is 3. The Kier molecular flexibility index (Phi) is 10.2. The highest BCUT2D eigenvalue weighted by Gasteiger charge is 2.34. The number of allylic oxidation sites excluding steroid dienone is 1. The van der Waals surface area contributed by atoms with Crippen molar-refractivity contribution < 1.29 is 28.6 Å². The van der Waals surface area contributed by atoms with Gasteiger partial charge < -0.3 is 29.7 Å². The first-order valence-corrected chi connectivity index (χ1v) is 11.9. The van der Waals surface area contributed by atoms with Gasteiger partial charge >= 0.3 is 12.0 Å². The van der Waals surface area contributed by atoms with E-state index in [9.17, 15) is 14.4 Å². The van der Waals surface area contributed by atoms with Crippen molar-refractivity contribution >= 4 is 17.9 Å². The number of carbonyl (C=O) groups excluding carboxylic acids is 3. The van der Waals surface area contributed by atoms with Gasteiger partial charge in [-0.25, -0.2) is 9.59 Å². The fourth-order valence-electron chi connectivity index (χ4n) is 3.78. The van der Waals surface area contributed by atoms with Gasteiger partial charge in [-0.05, 0) is 50.8 Å². The molecule has 0 saturated carbocycles. The van der Waals surface area contributed by atoms with E-state index in [0.717, 1.165) is 12.8 Å². The maximum Gasteiger partial charge on any atom is 0.338 e. The maximum absolute atomic E-state index is 12.9. The molecule has 0 bridgehead atoms. The van der Waals surface area contributed by atoms with Crippen molar-refractivity contribution in [3.63, 3.8) is 0 Å². The van der Waals surface area contributed by atoms with Gasteiger partial charge in [-0.1, -0.05) is 26.8 Å². The van der Waals surface area contributed by atoms with E-state index in [0.29, 0.717) is 47.8 Å². The summed E-state index contributed by atoms with van der Waals surface area (Å²) in [7, 11) is 1.50. The minimum absolute atomic E-state index is 0.0883. The monoisotopic (exact) mass is 475 g/mol. The zero-order chi connectivity index (χ0) is 25.3. The molecule has 1 unspecified atom stereocenters. The lowest BCUT2D eigenvalue weighted by Gasteiger charge is -2.30. The van der Waals surface area contributed by atoms with Crippen molar-refractivity contribution in [2.75, 3.05) is 26.8 Å². The van der Waals surface area contributed by atoms with Gasteiger partial charge in [-0.3, -0.25) is 4.79 Å². The van der Waals surface area contributed by atoms with Crippen LogP contribution in [-0.4, -0.2) is 55.7 Å². The van der Waals surface area contributed by atoms with Crippen LogP contribution < -0.4 is 20.1 Å². The molecule has 2 rings (SSSR count). The van der Waals surface area contributed by atoms with E-state index in [4.69, 9.17) is 14.2 Å². The summed E-state index contributed by atoms with van der Waals surface area (Å²) in [5.41, 5.74) is 1.48. The van der Waals surface area contributed by atoms with Gasteiger partial charge in [0.05, 0.1) is 24.8 Å². The van der Waals surface area contributed by atoms with E-state index >= 15 is 0 Å². The number of urea groups is 1. The van der Waals surface area contributed by atoms with Crippen LogP contribution in [0.5, 0.6) is 11.5 Å². The molecule has 1 aromatic carbocycles. The van der Waals surface area contributed by atoms with E-state index < -0.39 is 18.0 Å². The Morgan fingerprint density at radius 1 is 1.09 bits per heavy atom. The van der Waals surface area contributed by atoms with Crippen LogP contribution >= 0.6 is 0 Å². The fourth-order valence-corrected chi connectivity index (χ4v) is 3.78. The lowest BCUT2D eigenvalue weighted by Crippen LogP contribution is -2.46. The lowest BCUT2D eigenvalue weighted by atomic mass is 9.94. The molecule has 1 heterocycles. The van der Waals surface area contributed by atoms with Crippen LogP contribution in [0.25, 0.3) is 0 Å². The SMILES string of the molecule is CCCN(CCC)C(=O)COc1ccc(C2NC(=O)NC(CC)=C2C(=O)OC(C)C)cc1OC. The fraction of sp³-hybridized carbons (Fsp3) is 0.560. The van der Waals surface area contributed by atoms with Crippen molar-refractivity contribution in [2.24, 2.45) is 0 Å². The molecule has 1 aliphatic rings. The maximum atomic E-state index is 12.9. The zero-order valence-electron chi connectivity index (χ0n) is 21.0. The number of benzene rings is 1. The van der Waals surface area contributed by atoms with Gasteiger partial charge in [-0.2, -0.15) is 0 Å². The molecule has 0 aromatic heterocycles. The molecule has 1 aliphatic heterocycles. The third-order valence-corrected chi connectivity index (χ3v) is 5.28. The van der Waals surface area contributed by atoms with Crippen LogP contribution in [0.4, 0.5) is 4.79 Å². The molecule has 9 nitrogen and oxygen atoms in total. The Hall–Kier alpha value is -3.23. The molecule has 0 fully saturated rings. The number of hydrogen-bond acceptors (Lipinski definition) is 6. The Bertz CT molecular complexity index is 906. The summed E-state index contributed by atoms with van der Waals surface area (Å²) in [5.74, 6) is 0.208. The van der Waals surface area contributed by atoms with Crippen molar-refractivity contribution in [1.82, 2.24) is 15.5 Å². The van der Waals surface area contributed by atoms with Crippen molar-refractivity contribution in [1.29, 1.82) is 0 Å². The average Bonchev–Trinajstić information content (AvgIpc) is 2.81. The summed E-state index contributed by atoms with van der Waals surface area (Å²) in [5, 5.41) is 5.50. The molecular formula is C25H37N3O6. The molecule has 0 spiro atoms. The van der Waals surface area contributed by atoms with Crippen molar-refractivity contribution in [3.05, 3.63) is 35.0 Å². The highest BCUT2D eigenvalue weighted by Crippen LogP contribution is 2.35. The second kappa shape index (κ2) is 12.9. The van der Waals surface area contributed by atoms with Crippen molar-refractivity contribution in [2.45, 2.75) is 66.0 Å². The van der Waals surface area contributed by atoms with Gasteiger partial charge in [-0.15, -0.1) is 0 Å². The summed E-state index contributed by atoms with van der Waals surface area (Å²) in [4.78, 5) is 39.5. The number of esters is 1. The molecule has 0 aliphatic carbocycles. The Morgan fingerprint density at radius 3 is 2.32 bits per heavy atom. The summed E-state index contributed by atoms with van der Waals surface area (Å²) in [6, 6.07) is 3.99. The topological polar surface area (TPSA) is 106 Å². The minimum atomic E-state index is -0.718. The van der Waals surface area contributed by atoms with Crippen LogP contribution in [0, 0.1) is 0 Å². The van der Waals surface area contributed by atoms with Crippen LogP contribution in [0.3, 0.4) is 0 Å². The van der Waals surface area contributed by atoms with Gasteiger partial charge in [0.25, 0.3) is 5.91 Å². The predicted molar refractivity (Wildman–Crippen MR) is 129 cm³/mol. The number of hydrogen-bond donors (Lipinski definition) is 2. The summed E-state index contributed by atoms with van der Waals surface area (Å²) >= 11 is 0. The molecule has 1 aromatic rings. The lowest BCUT2D eigenvalue weighted by molar-refractivity contribution is -0.143. The molecule has 1 atom stereocenters. The van der Waals surface area contributed by atoms with Gasteiger partial charge in [0, 0.05) is 18.8 Å². The number of methoxy groups -OCH3 is 1. The molecule has 188 valence electrons. The first-order chi connectivity index (χ1) is 16.2. The van der Waals surface area contributed by atoms with E-state index in [2.05, 4.69) is 10.6 Å². The third kappa shape index (κ3) is 6.88. The quantitative estimate of drug-likeness (QED) is 0.447. The van der Waals surface area contributed by atoms with E-state index in [1.807, 2.05) is 20.8 Å². The normalized spacial score (nSPS) is 15.5. The molecule has 9 heteroatoms. The van der Waals surface area contributed by atoms with Gasteiger partial charge in [0.1, 0.15) is 0 Å². The molecule has 34 heavy (non-hydrogen) atoms. The highest BCUT2D eigenvalue weighted by atomic mass is 16.5. The smallest absolute Gasteiger partial charge is 0.338 e. The standard InChI is InChI=1S/C25H37N3O6/c1-7-12-28(13-8-2)21(29)15-33-19-11-10-17(14-20(19)32-6)23-22(24(30)34-16(4)5)18(9-3)26-25(31)27-23/h10-11,14,16,23H,7-9,12-13,15H2,1-6H3,(H2,26,27,31). The zero-order valence-corrected chi connectivity index (χ0v) is 21.0. The third-order valence-electron chi connectivity index (χ3n) is 5.28. The number of nitrogens with zero attached hydrogens (tertiary/aromatic N) is 1. The number of nitrogens with one attached hydrogen (secondary N) is 2. The second-order valence-corrected chi connectivity index (χ2v) is 8.31. The predicted octanol–water partition coefficient (Wildman–Crippen LogP) is 3.69. The number of ether oxygens (including phenoxy) is 3. The van der Waals surface area contributed by atoms with Crippen LogP contribution in [0.1, 0.15) is 65.5 Å². The number of amides is 3. The van der Waals surface area contributed by atoms with E-state index in [-0.39, 0.29) is 18.6 Å². The van der Waals surface area contributed by atoms with Crippen LogP contribution in [0.15, 0.2) is 29.5 Å².